The van der Waals surface area contributed by atoms with Gasteiger partial charge in [0.25, 0.3) is 0 Å². The fraction of sp³-hybridized carbons (Fsp3) is 0.188. The maximum Gasteiger partial charge on any atom is 0.318 e. The van der Waals surface area contributed by atoms with Crippen molar-refractivity contribution in [3.8, 4) is 11.5 Å². The summed E-state index contributed by atoms with van der Waals surface area (Å²) in [6.45, 7) is 5.13. The summed E-state index contributed by atoms with van der Waals surface area (Å²) in [6, 6.07) is 32.5. The Morgan fingerprint density at radius 3 is 2.45 bits per heavy atom. The number of benzene rings is 3. The maximum atomic E-state index is 14.0. The second-order valence-electron chi connectivity index (χ2n) is 9.74. The largest absolute Gasteiger partial charge is 0.334 e. The molecular formula is C32H31N5O. The Bertz CT molecular complexity index is 1570. The van der Waals surface area contributed by atoms with Gasteiger partial charge in [0.2, 0.25) is 0 Å². The van der Waals surface area contributed by atoms with Gasteiger partial charge in [0.15, 0.2) is 0 Å². The molecule has 1 aliphatic rings. The smallest absolute Gasteiger partial charge is 0.318 e. The van der Waals surface area contributed by atoms with E-state index in [1.54, 1.807) is 0 Å². The van der Waals surface area contributed by atoms with Gasteiger partial charge in [0.05, 0.1) is 29.7 Å². The molecule has 0 spiro atoms. The van der Waals surface area contributed by atoms with Gasteiger partial charge >= 0.3 is 6.03 Å². The highest BCUT2D eigenvalue weighted by Gasteiger charge is 2.36. The van der Waals surface area contributed by atoms with Crippen molar-refractivity contribution in [1.82, 2.24) is 24.6 Å². The Morgan fingerprint density at radius 1 is 0.947 bits per heavy atom. The van der Waals surface area contributed by atoms with Crippen LogP contribution in [0.5, 0.6) is 0 Å². The van der Waals surface area contributed by atoms with Crippen molar-refractivity contribution in [3.63, 3.8) is 0 Å². The monoisotopic (exact) mass is 501 g/mol. The van der Waals surface area contributed by atoms with Crippen LogP contribution >= 0.6 is 0 Å². The van der Waals surface area contributed by atoms with Crippen LogP contribution in [0.3, 0.4) is 0 Å². The predicted molar refractivity (Wildman–Crippen MR) is 150 cm³/mol. The van der Waals surface area contributed by atoms with Crippen molar-refractivity contribution < 1.29 is 4.79 Å². The molecule has 0 saturated heterocycles. The Balaban J connectivity index is 1.51. The van der Waals surface area contributed by atoms with Crippen molar-refractivity contribution in [3.05, 3.63) is 137 Å². The minimum absolute atomic E-state index is 0.101. The Labute approximate surface area is 223 Å². The maximum absolute atomic E-state index is 14.0. The van der Waals surface area contributed by atoms with E-state index in [1.165, 1.54) is 0 Å². The number of carbonyl (C=O) groups is 1. The van der Waals surface area contributed by atoms with Crippen LogP contribution in [-0.2, 0) is 19.5 Å². The standard InChI is InChI=1S/C32H31N5O/c1-3-28-27-22-36(32(38)33-21-24-13-6-4-7-14-24)30(25-15-10-12-23(2)20-25)29-18-11-19-35(29)31(27)37(34-28)26-16-8-5-9-17-26/h4-20,30H,3,21-22H2,1-2H3,(H,33,38)/t30-/m0/s1. The Morgan fingerprint density at radius 2 is 1.71 bits per heavy atom. The lowest BCUT2D eigenvalue weighted by Gasteiger charge is -2.31. The van der Waals surface area contributed by atoms with Crippen LogP contribution in [-0.4, -0.2) is 25.3 Å². The lowest BCUT2D eigenvalue weighted by molar-refractivity contribution is 0.180. The molecule has 1 atom stereocenters. The van der Waals surface area contributed by atoms with Crippen LogP contribution in [0.25, 0.3) is 11.5 Å². The zero-order valence-electron chi connectivity index (χ0n) is 21.7. The van der Waals surface area contributed by atoms with E-state index in [4.69, 9.17) is 5.10 Å². The minimum Gasteiger partial charge on any atom is -0.334 e. The number of fused-ring (bicyclic) bond motifs is 3. The zero-order chi connectivity index (χ0) is 26.1. The molecule has 0 bridgehead atoms. The number of carbonyl (C=O) groups excluding carboxylic acids is 1. The highest BCUT2D eigenvalue weighted by atomic mass is 16.2. The number of nitrogens with one attached hydrogen (secondary N) is 1. The topological polar surface area (TPSA) is 55.1 Å². The third kappa shape index (κ3) is 4.28. The fourth-order valence-corrected chi connectivity index (χ4v) is 5.41. The second kappa shape index (κ2) is 10.1. The van der Waals surface area contributed by atoms with Crippen LogP contribution in [0.1, 0.15) is 46.6 Å². The molecule has 2 aromatic heterocycles. The van der Waals surface area contributed by atoms with E-state index < -0.39 is 0 Å². The van der Waals surface area contributed by atoms with E-state index in [-0.39, 0.29) is 12.1 Å². The molecule has 6 nitrogen and oxygen atoms in total. The first kappa shape index (κ1) is 23.8. The van der Waals surface area contributed by atoms with Crippen molar-refractivity contribution in [2.24, 2.45) is 0 Å². The Kier molecular flexibility index (Phi) is 6.30. The van der Waals surface area contributed by atoms with Crippen LogP contribution in [0, 0.1) is 6.92 Å². The molecule has 1 aliphatic heterocycles. The molecule has 0 unspecified atom stereocenters. The molecular weight excluding hydrogens is 470 g/mol. The number of hydrogen-bond donors (Lipinski definition) is 1. The molecule has 3 heterocycles. The summed E-state index contributed by atoms with van der Waals surface area (Å²) in [5.74, 6) is 0.990. The molecule has 1 N–H and O–H groups in total. The van der Waals surface area contributed by atoms with E-state index in [9.17, 15) is 4.79 Å². The van der Waals surface area contributed by atoms with Crippen LogP contribution in [0.4, 0.5) is 4.79 Å². The summed E-state index contributed by atoms with van der Waals surface area (Å²) in [5.41, 5.74) is 7.41. The van der Waals surface area contributed by atoms with Gasteiger partial charge in [-0.15, -0.1) is 0 Å². The number of aromatic nitrogens is 3. The number of nitrogens with zero attached hydrogens (tertiary/aromatic N) is 4. The van der Waals surface area contributed by atoms with Crippen LogP contribution in [0.15, 0.2) is 103 Å². The first-order valence-electron chi connectivity index (χ1n) is 13.1. The summed E-state index contributed by atoms with van der Waals surface area (Å²) in [5, 5.41) is 8.23. The third-order valence-electron chi connectivity index (χ3n) is 7.21. The molecule has 190 valence electrons. The molecule has 0 aliphatic carbocycles. The van der Waals surface area contributed by atoms with Gasteiger partial charge in [-0.25, -0.2) is 9.48 Å². The quantitative estimate of drug-likeness (QED) is 0.305. The van der Waals surface area contributed by atoms with Crippen LogP contribution in [0.2, 0.25) is 0 Å². The second-order valence-corrected chi connectivity index (χ2v) is 9.74. The number of hydrogen-bond acceptors (Lipinski definition) is 2. The average molecular weight is 502 g/mol. The summed E-state index contributed by atoms with van der Waals surface area (Å²) >= 11 is 0. The van der Waals surface area contributed by atoms with E-state index in [0.29, 0.717) is 13.1 Å². The highest BCUT2D eigenvalue weighted by molar-refractivity contribution is 5.76. The van der Waals surface area contributed by atoms with Crippen molar-refractivity contribution in [2.75, 3.05) is 0 Å². The van der Waals surface area contributed by atoms with Gasteiger partial charge in [-0.1, -0.05) is 85.3 Å². The molecule has 6 rings (SSSR count). The number of amides is 2. The SMILES string of the molecule is CCc1nn(-c2ccccc2)c2c1CN(C(=O)NCc1ccccc1)[C@@H](c1cccc(C)c1)c1cccn1-2. The zero-order valence-corrected chi connectivity index (χ0v) is 21.7. The lowest BCUT2D eigenvalue weighted by Crippen LogP contribution is -2.41. The van der Waals surface area contributed by atoms with E-state index in [2.05, 4.69) is 78.5 Å². The van der Waals surface area contributed by atoms with Crippen LogP contribution < -0.4 is 5.32 Å². The van der Waals surface area contributed by atoms with Crippen molar-refractivity contribution >= 4 is 6.03 Å². The minimum atomic E-state index is -0.262. The van der Waals surface area contributed by atoms with Gasteiger partial charge < -0.3 is 14.8 Å². The summed E-state index contributed by atoms with van der Waals surface area (Å²) in [4.78, 5) is 16.0. The van der Waals surface area contributed by atoms with Crippen molar-refractivity contribution in [2.45, 2.75) is 39.4 Å². The first-order valence-corrected chi connectivity index (χ1v) is 13.1. The molecule has 0 fully saturated rings. The van der Waals surface area contributed by atoms with Gasteiger partial charge in [-0.05, 0) is 48.7 Å². The van der Waals surface area contributed by atoms with E-state index in [1.807, 2.05) is 58.1 Å². The molecule has 0 saturated carbocycles. The predicted octanol–water partition coefficient (Wildman–Crippen LogP) is 6.35. The molecule has 5 aromatic rings. The molecule has 3 aromatic carbocycles. The van der Waals surface area contributed by atoms with E-state index >= 15 is 0 Å². The molecule has 38 heavy (non-hydrogen) atoms. The van der Waals surface area contributed by atoms with Gasteiger partial charge in [0, 0.05) is 18.3 Å². The van der Waals surface area contributed by atoms with Crippen molar-refractivity contribution in [1.29, 1.82) is 0 Å². The highest BCUT2D eigenvalue weighted by Crippen LogP contribution is 2.38. The number of aryl methyl sites for hydroxylation is 2. The number of para-hydroxylation sites is 1. The van der Waals surface area contributed by atoms with Gasteiger partial charge in [-0.2, -0.15) is 5.10 Å². The number of urea groups is 1. The lowest BCUT2D eigenvalue weighted by atomic mass is 10.00. The third-order valence-corrected chi connectivity index (χ3v) is 7.21. The van der Waals surface area contributed by atoms with E-state index in [0.717, 1.165) is 51.6 Å². The fourth-order valence-electron chi connectivity index (χ4n) is 5.41. The van der Waals surface area contributed by atoms with Gasteiger partial charge in [-0.3, -0.25) is 0 Å². The first-order chi connectivity index (χ1) is 18.6. The summed E-state index contributed by atoms with van der Waals surface area (Å²) < 4.78 is 4.24. The summed E-state index contributed by atoms with van der Waals surface area (Å²) in [7, 11) is 0. The average Bonchev–Trinajstić information content (AvgIpc) is 3.54. The molecule has 2 amide bonds. The normalized spacial score (nSPS) is 14.5. The Hall–Kier alpha value is -4.58. The molecule has 6 heteroatoms. The molecule has 0 radical (unpaired) electrons. The number of rotatable bonds is 5. The summed E-state index contributed by atoms with van der Waals surface area (Å²) in [6.07, 6.45) is 2.86. The van der Waals surface area contributed by atoms with Gasteiger partial charge in [0.1, 0.15) is 5.82 Å².